The molecule has 2 heterocycles. The fraction of sp³-hybridized carbons (Fsp3) is 0.450. The number of ether oxygens (including phenoxy) is 2. The Morgan fingerprint density at radius 1 is 1.19 bits per heavy atom. The Labute approximate surface area is 165 Å². The van der Waals surface area contributed by atoms with Crippen LogP contribution < -0.4 is 14.8 Å². The number of aromatic nitrogens is 2. The average Bonchev–Trinajstić information content (AvgIpc) is 2.96. The van der Waals surface area contributed by atoms with E-state index in [1.54, 1.807) is 13.3 Å². The van der Waals surface area contributed by atoms with E-state index in [0.717, 1.165) is 27.4 Å². The van der Waals surface area contributed by atoms with Gasteiger partial charge < -0.3 is 24.9 Å². The molecule has 0 amide bonds. The molecule has 148 valence electrons. The number of β-amino-alcohol motifs (C(OH)–C–C–N with tert-alkyl or cyclic N) is 1. The number of nitrogens with one attached hydrogen (secondary N) is 2. The molecule has 0 spiro atoms. The first-order valence-electron chi connectivity index (χ1n) is 8.78. The molecule has 0 aliphatic heterocycles. The molecule has 1 aromatic carbocycles. The van der Waals surface area contributed by atoms with Crippen LogP contribution in [0.3, 0.4) is 0 Å². The first-order chi connectivity index (χ1) is 12.3. The number of aryl methyl sites for hydroxylation is 1. The number of halogens is 1. The Morgan fingerprint density at radius 2 is 1.93 bits per heavy atom. The fourth-order valence-electron chi connectivity index (χ4n) is 2.98. The van der Waals surface area contributed by atoms with Crippen molar-refractivity contribution in [1.29, 1.82) is 0 Å². The van der Waals surface area contributed by atoms with E-state index >= 15 is 0 Å². The zero-order chi connectivity index (χ0) is 18.9. The molecular formula is C20H28ClN3O3. The number of H-pyrrole nitrogens is 1. The summed E-state index contributed by atoms with van der Waals surface area (Å²) in [6, 6.07) is 3.80. The molecule has 6 nitrogen and oxygen atoms in total. The lowest BCUT2D eigenvalue weighted by Gasteiger charge is -2.23. The first-order valence-corrected chi connectivity index (χ1v) is 8.78. The van der Waals surface area contributed by atoms with Crippen LogP contribution in [0.25, 0.3) is 21.8 Å². The van der Waals surface area contributed by atoms with Crippen molar-refractivity contribution in [2.45, 2.75) is 39.3 Å². The molecule has 3 aromatic rings. The lowest BCUT2D eigenvalue weighted by molar-refractivity contribution is 0.101. The number of rotatable bonds is 6. The van der Waals surface area contributed by atoms with Crippen LogP contribution in [-0.4, -0.2) is 47.0 Å². The molecule has 0 saturated carbocycles. The van der Waals surface area contributed by atoms with Gasteiger partial charge in [-0.15, -0.1) is 12.4 Å². The van der Waals surface area contributed by atoms with Gasteiger partial charge in [-0.1, -0.05) is 0 Å². The molecule has 27 heavy (non-hydrogen) atoms. The summed E-state index contributed by atoms with van der Waals surface area (Å²) in [5.41, 5.74) is 2.89. The minimum Gasteiger partial charge on any atom is -0.497 e. The van der Waals surface area contributed by atoms with Crippen molar-refractivity contribution in [3.05, 3.63) is 30.1 Å². The largest absolute Gasteiger partial charge is 0.497 e. The summed E-state index contributed by atoms with van der Waals surface area (Å²) in [5.74, 6) is 1.39. The molecule has 0 bridgehead atoms. The van der Waals surface area contributed by atoms with E-state index in [1.165, 1.54) is 0 Å². The maximum Gasteiger partial charge on any atom is 0.133 e. The second kappa shape index (κ2) is 8.33. The van der Waals surface area contributed by atoms with E-state index in [9.17, 15) is 5.11 Å². The number of aromatic amines is 1. The highest BCUT2D eigenvalue weighted by atomic mass is 35.5. The Bertz CT molecular complexity index is 918. The monoisotopic (exact) mass is 393 g/mol. The smallest absolute Gasteiger partial charge is 0.133 e. The summed E-state index contributed by atoms with van der Waals surface area (Å²) in [6.45, 7) is 8.88. The van der Waals surface area contributed by atoms with Crippen LogP contribution in [0.5, 0.6) is 11.5 Å². The van der Waals surface area contributed by atoms with Crippen molar-refractivity contribution in [1.82, 2.24) is 15.3 Å². The summed E-state index contributed by atoms with van der Waals surface area (Å²) >= 11 is 0. The number of aliphatic hydroxyl groups excluding tert-OH is 1. The second-order valence-corrected chi connectivity index (χ2v) is 7.65. The molecule has 1 unspecified atom stereocenters. The molecule has 3 rings (SSSR count). The van der Waals surface area contributed by atoms with Gasteiger partial charge in [-0.3, -0.25) is 4.98 Å². The highest BCUT2D eigenvalue weighted by molar-refractivity contribution is 6.12. The Morgan fingerprint density at radius 3 is 2.59 bits per heavy atom. The molecule has 0 saturated heterocycles. The summed E-state index contributed by atoms with van der Waals surface area (Å²) in [5, 5.41) is 15.6. The zero-order valence-corrected chi connectivity index (χ0v) is 17.2. The van der Waals surface area contributed by atoms with Crippen molar-refractivity contribution in [2.24, 2.45) is 0 Å². The minimum atomic E-state index is -0.608. The maximum absolute atomic E-state index is 10.3. The lowest BCUT2D eigenvalue weighted by atomic mass is 10.1. The van der Waals surface area contributed by atoms with Gasteiger partial charge in [-0.25, -0.2) is 0 Å². The van der Waals surface area contributed by atoms with E-state index < -0.39 is 6.10 Å². The van der Waals surface area contributed by atoms with Crippen LogP contribution in [-0.2, 0) is 0 Å². The molecule has 7 heteroatoms. The lowest BCUT2D eigenvalue weighted by Crippen LogP contribution is -2.42. The van der Waals surface area contributed by atoms with Gasteiger partial charge in [-0.2, -0.15) is 0 Å². The van der Waals surface area contributed by atoms with Crippen molar-refractivity contribution < 1.29 is 14.6 Å². The average molecular weight is 394 g/mol. The highest BCUT2D eigenvalue weighted by Gasteiger charge is 2.17. The number of pyridine rings is 1. The molecule has 1 atom stereocenters. The summed E-state index contributed by atoms with van der Waals surface area (Å²) in [7, 11) is 1.63. The Hall–Kier alpha value is -2.02. The number of aliphatic hydroxyl groups is 1. The van der Waals surface area contributed by atoms with E-state index in [0.29, 0.717) is 18.0 Å². The summed E-state index contributed by atoms with van der Waals surface area (Å²) in [4.78, 5) is 7.62. The number of methoxy groups -OCH3 is 1. The van der Waals surface area contributed by atoms with E-state index in [-0.39, 0.29) is 24.6 Å². The first kappa shape index (κ1) is 21.3. The highest BCUT2D eigenvalue weighted by Crippen LogP contribution is 2.37. The third kappa shape index (κ3) is 4.83. The standard InChI is InChI=1S/C20H27N3O3.ClH/c1-12-8-21-10-16-18(12)19-15(23-16)6-14(25-5)7-17(19)26-11-13(24)9-22-20(2,3)4;/h6-8,10,13,22-24H,9,11H2,1-5H3;1H. The van der Waals surface area contributed by atoms with Gasteiger partial charge in [0.05, 0.1) is 29.7 Å². The van der Waals surface area contributed by atoms with Crippen LogP contribution in [0.15, 0.2) is 24.5 Å². The predicted octanol–water partition coefficient (Wildman–Crippen LogP) is 3.58. The predicted molar refractivity (Wildman–Crippen MR) is 111 cm³/mol. The Balaban J connectivity index is 0.00000261. The van der Waals surface area contributed by atoms with Crippen LogP contribution in [0.1, 0.15) is 26.3 Å². The van der Waals surface area contributed by atoms with Crippen LogP contribution >= 0.6 is 12.4 Å². The molecular weight excluding hydrogens is 366 g/mol. The summed E-state index contributed by atoms with van der Waals surface area (Å²) < 4.78 is 11.4. The van der Waals surface area contributed by atoms with Crippen molar-refractivity contribution in [2.75, 3.05) is 20.3 Å². The third-order valence-corrected chi connectivity index (χ3v) is 4.27. The number of fused-ring (bicyclic) bond motifs is 3. The van der Waals surface area contributed by atoms with Gasteiger partial charge in [0.2, 0.25) is 0 Å². The number of hydrogen-bond donors (Lipinski definition) is 3. The van der Waals surface area contributed by atoms with E-state index in [1.807, 2.05) is 25.3 Å². The summed E-state index contributed by atoms with van der Waals surface area (Å²) in [6.07, 6.45) is 3.04. The fourth-order valence-corrected chi connectivity index (χ4v) is 2.98. The number of nitrogens with zero attached hydrogens (tertiary/aromatic N) is 1. The maximum atomic E-state index is 10.3. The molecule has 0 radical (unpaired) electrons. The second-order valence-electron chi connectivity index (χ2n) is 7.65. The van der Waals surface area contributed by atoms with Gasteiger partial charge in [-0.05, 0) is 33.3 Å². The van der Waals surface area contributed by atoms with Crippen molar-refractivity contribution >= 4 is 34.2 Å². The molecule has 0 fully saturated rings. The van der Waals surface area contributed by atoms with Gasteiger partial charge in [0.25, 0.3) is 0 Å². The van der Waals surface area contributed by atoms with E-state index in [4.69, 9.17) is 9.47 Å². The zero-order valence-electron chi connectivity index (χ0n) is 16.4. The third-order valence-electron chi connectivity index (χ3n) is 4.27. The minimum absolute atomic E-state index is 0. The molecule has 0 aliphatic carbocycles. The van der Waals surface area contributed by atoms with Crippen LogP contribution in [0, 0.1) is 6.92 Å². The molecule has 0 aliphatic rings. The van der Waals surface area contributed by atoms with E-state index in [2.05, 4.69) is 36.1 Å². The van der Waals surface area contributed by atoms with Gasteiger partial charge >= 0.3 is 0 Å². The SMILES string of the molecule is COc1cc(OCC(O)CNC(C)(C)C)c2c(c1)[nH]c1cncc(C)c12.Cl. The molecule has 3 N–H and O–H groups in total. The van der Waals surface area contributed by atoms with Crippen LogP contribution in [0.4, 0.5) is 0 Å². The van der Waals surface area contributed by atoms with Gasteiger partial charge in [0.15, 0.2) is 0 Å². The normalized spacial score (nSPS) is 12.8. The quantitative estimate of drug-likeness (QED) is 0.596. The Kier molecular flexibility index (Phi) is 6.57. The molecule has 2 aromatic heterocycles. The van der Waals surface area contributed by atoms with Crippen molar-refractivity contribution in [3.63, 3.8) is 0 Å². The number of benzene rings is 1. The number of hydrogen-bond acceptors (Lipinski definition) is 5. The van der Waals surface area contributed by atoms with Crippen LogP contribution in [0.2, 0.25) is 0 Å². The topological polar surface area (TPSA) is 79.4 Å². The van der Waals surface area contributed by atoms with Gasteiger partial charge in [0, 0.05) is 35.8 Å². The van der Waals surface area contributed by atoms with Gasteiger partial charge in [0.1, 0.15) is 24.2 Å². The van der Waals surface area contributed by atoms with Crippen molar-refractivity contribution in [3.8, 4) is 11.5 Å².